The van der Waals surface area contributed by atoms with Crippen LogP contribution in [0.5, 0.6) is 0 Å². The normalized spacial score (nSPS) is 33.2. The van der Waals surface area contributed by atoms with E-state index in [1.54, 1.807) is 0 Å². The first-order valence-corrected chi connectivity index (χ1v) is 12.8. The summed E-state index contributed by atoms with van der Waals surface area (Å²) >= 11 is 0. The number of ether oxygens (including phenoxy) is 7. The van der Waals surface area contributed by atoms with Crippen molar-refractivity contribution in [1.29, 1.82) is 0 Å². The Kier molecular flexibility index (Phi) is 7.50. The molecule has 4 bridgehead atoms. The van der Waals surface area contributed by atoms with Gasteiger partial charge in [-0.25, -0.2) is 4.79 Å². The molecule has 5 rings (SSSR count). The highest BCUT2D eigenvalue weighted by Gasteiger charge is 2.68. The number of alkyl halides is 2. The van der Waals surface area contributed by atoms with Crippen molar-refractivity contribution in [2.75, 3.05) is 54.2 Å². The molecule has 0 aromatic carbocycles. The Bertz CT molecular complexity index is 858. The number of carbonyl (C=O) groups is 1. The van der Waals surface area contributed by atoms with Gasteiger partial charge >= 0.3 is 21.3 Å². The maximum absolute atomic E-state index is 13.9. The Labute approximate surface area is 202 Å². The summed E-state index contributed by atoms with van der Waals surface area (Å²) in [4.78, 5) is 12.1. The van der Waals surface area contributed by atoms with Crippen LogP contribution < -0.4 is 0 Å². The first kappa shape index (κ1) is 27.0. The maximum atomic E-state index is 13.9. The Hall–Kier alpha value is -1.00. The van der Waals surface area contributed by atoms with Crippen LogP contribution in [-0.4, -0.2) is 89.8 Å². The van der Waals surface area contributed by atoms with Crippen molar-refractivity contribution in [3.63, 3.8) is 0 Å². The number of methoxy groups -OCH3 is 2. The van der Waals surface area contributed by atoms with Crippen molar-refractivity contribution in [2.45, 2.75) is 48.7 Å². The molecule has 4 saturated carbocycles. The molecule has 0 amide bonds. The Balaban J connectivity index is 1.47. The summed E-state index contributed by atoms with van der Waals surface area (Å²) in [6.45, 7) is 1.20. The number of hydrogen-bond acceptors (Lipinski definition) is 10. The minimum Gasteiger partial charge on any atom is -0.454 e. The fraction of sp³-hybridized carbons (Fsp3) is 0.952. The molecule has 0 aromatic rings. The standard InChI is InChI=1S/C21H32F2O11S/c1-28-12-30-8-18(9-31-13-29-2)10-32-20(33-11-18)15-3-14-4-16(20)7-19(5-14,6-15)34-17(24)21(22,23)35(25,26)27/h14-16H,3-13H2,1-2H3,(H,25,26,27). The summed E-state index contributed by atoms with van der Waals surface area (Å²) in [5.74, 6) is -3.60. The molecule has 0 radical (unpaired) electrons. The largest absolute Gasteiger partial charge is 0.465 e. The second-order valence-corrected chi connectivity index (χ2v) is 11.7. The molecule has 5 fully saturated rings. The van der Waals surface area contributed by atoms with Gasteiger partial charge in [0.2, 0.25) is 0 Å². The average Bonchev–Trinajstić information content (AvgIpc) is 2.77. The SMILES string of the molecule is COCOCC1(COCOC)COC2(OC1)C1CC3CC2CC(OC(=O)C(F)(F)S(=O)(=O)O)(C3)C1. The van der Waals surface area contributed by atoms with Crippen molar-refractivity contribution in [3.05, 3.63) is 0 Å². The van der Waals surface area contributed by atoms with Crippen molar-refractivity contribution < 1.29 is 59.7 Å². The van der Waals surface area contributed by atoms with E-state index in [-0.39, 0.29) is 70.6 Å². The van der Waals surface area contributed by atoms with Gasteiger partial charge in [0.1, 0.15) is 19.2 Å². The van der Waals surface area contributed by atoms with E-state index < -0.39 is 38.1 Å². The van der Waals surface area contributed by atoms with Crippen molar-refractivity contribution in [2.24, 2.45) is 23.2 Å². The smallest absolute Gasteiger partial charge is 0.454 e. The van der Waals surface area contributed by atoms with Crippen LogP contribution in [0.1, 0.15) is 32.1 Å². The topological polar surface area (TPSA) is 136 Å². The Morgan fingerprint density at radius 3 is 1.97 bits per heavy atom. The molecule has 35 heavy (non-hydrogen) atoms. The maximum Gasteiger partial charge on any atom is 0.465 e. The zero-order valence-corrected chi connectivity index (χ0v) is 20.5. The minimum absolute atomic E-state index is 0.0895. The Morgan fingerprint density at radius 2 is 1.51 bits per heavy atom. The molecular formula is C21H32F2O11S. The second-order valence-electron chi connectivity index (χ2n) is 10.2. The summed E-state index contributed by atoms with van der Waals surface area (Å²) < 4.78 is 97.6. The zero-order chi connectivity index (χ0) is 25.5. The van der Waals surface area contributed by atoms with E-state index in [9.17, 15) is 22.0 Å². The Morgan fingerprint density at radius 1 is 1.00 bits per heavy atom. The molecule has 11 nitrogen and oxygen atoms in total. The van der Waals surface area contributed by atoms with Crippen LogP contribution in [0, 0.1) is 23.2 Å². The van der Waals surface area contributed by atoms with E-state index in [0.717, 1.165) is 0 Å². The van der Waals surface area contributed by atoms with Crippen LogP contribution in [0.15, 0.2) is 0 Å². The van der Waals surface area contributed by atoms with Gasteiger partial charge in [0.15, 0.2) is 5.79 Å². The van der Waals surface area contributed by atoms with Gasteiger partial charge in [-0.1, -0.05) is 0 Å². The van der Waals surface area contributed by atoms with Gasteiger partial charge in [0, 0.05) is 26.1 Å². The predicted molar refractivity (Wildman–Crippen MR) is 112 cm³/mol. The molecule has 1 N–H and O–H groups in total. The quantitative estimate of drug-likeness (QED) is 0.180. The molecule has 1 spiro atoms. The van der Waals surface area contributed by atoms with Gasteiger partial charge < -0.3 is 33.2 Å². The van der Waals surface area contributed by atoms with Crippen molar-refractivity contribution in [3.8, 4) is 0 Å². The summed E-state index contributed by atoms with van der Waals surface area (Å²) in [7, 11) is -2.92. The van der Waals surface area contributed by atoms with E-state index in [4.69, 9.17) is 37.7 Å². The van der Waals surface area contributed by atoms with E-state index >= 15 is 0 Å². The third-order valence-electron chi connectivity index (χ3n) is 7.57. The molecule has 5 aliphatic rings. The summed E-state index contributed by atoms with van der Waals surface area (Å²) in [6.07, 6.45) is 2.15. The fourth-order valence-electron chi connectivity index (χ4n) is 6.32. The minimum atomic E-state index is -5.94. The lowest BCUT2D eigenvalue weighted by Crippen LogP contribution is -2.69. The van der Waals surface area contributed by atoms with Crippen LogP contribution >= 0.6 is 0 Å². The molecule has 1 aliphatic heterocycles. The molecule has 0 aromatic heterocycles. The lowest BCUT2D eigenvalue weighted by Gasteiger charge is -2.65. The molecule has 2 atom stereocenters. The number of rotatable bonds is 11. The van der Waals surface area contributed by atoms with Gasteiger partial charge in [-0.3, -0.25) is 4.55 Å². The predicted octanol–water partition coefficient (Wildman–Crippen LogP) is 1.56. The molecule has 202 valence electrons. The van der Waals surface area contributed by atoms with Gasteiger partial charge in [-0.2, -0.15) is 17.2 Å². The van der Waals surface area contributed by atoms with Crippen LogP contribution in [0.25, 0.3) is 0 Å². The fourth-order valence-corrected chi connectivity index (χ4v) is 6.57. The summed E-state index contributed by atoms with van der Waals surface area (Å²) in [5.41, 5.74) is -1.87. The highest BCUT2D eigenvalue weighted by Crippen LogP contribution is 2.64. The van der Waals surface area contributed by atoms with Crippen molar-refractivity contribution >= 4 is 16.1 Å². The lowest BCUT2D eigenvalue weighted by atomic mass is 9.51. The van der Waals surface area contributed by atoms with Crippen LogP contribution in [0.4, 0.5) is 8.78 Å². The van der Waals surface area contributed by atoms with Crippen LogP contribution in [-0.2, 0) is 48.1 Å². The highest BCUT2D eigenvalue weighted by atomic mass is 32.2. The number of halogens is 2. The molecule has 1 saturated heterocycles. The first-order valence-electron chi connectivity index (χ1n) is 11.4. The van der Waals surface area contributed by atoms with E-state index in [2.05, 4.69) is 0 Å². The van der Waals surface area contributed by atoms with Crippen LogP contribution in [0.3, 0.4) is 0 Å². The molecule has 2 unspecified atom stereocenters. The molecule has 4 aliphatic carbocycles. The molecular weight excluding hydrogens is 498 g/mol. The van der Waals surface area contributed by atoms with Gasteiger partial charge in [-0.15, -0.1) is 0 Å². The number of carbonyl (C=O) groups excluding carboxylic acids is 1. The zero-order valence-electron chi connectivity index (χ0n) is 19.7. The second kappa shape index (κ2) is 9.71. The number of hydrogen-bond donors (Lipinski definition) is 1. The summed E-state index contributed by atoms with van der Waals surface area (Å²) in [6, 6.07) is 0. The van der Waals surface area contributed by atoms with Crippen molar-refractivity contribution in [1.82, 2.24) is 0 Å². The third-order valence-corrected chi connectivity index (χ3v) is 8.38. The average molecular weight is 531 g/mol. The van der Waals surface area contributed by atoms with Gasteiger partial charge in [-0.05, 0) is 38.0 Å². The van der Waals surface area contributed by atoms with Gasteiger partial charge in [0.25, 0.3) is 0 Å². The number of esters is 1. The monoisotopic (exact) mass is 530 g/mol. The van der Waals surface area contributed by atoms with Gasteiger partial charge in [0.05, 0.1) is 31.8 Å². The highest BCUT2D eigenvalue weighted by molar-refractivity contribution is 7.87. The van der Waals surface area contributed by atoms with Crippen LogP contribution in [0.2, 0.25) is 0 Å². The summed E-state index contributed by atoms with van der Waals surface area (Å²) in [5, 5.41) is -5.03. The first-order chi connectivity index (χ1) is 16.4. The van der Waals surface area contributed by atoms with E-state index in [1.807, 2.05) is 0 Å². The third kappa shape index (κ3) is 4.96. The molecule has 14 heteroatoms. The lowest BCUT2D eigenvalue weighted by molar-refractivity contribution is -0.399. The van der Waals surface area contributed by atoms with E-state index in [0.29, 0.717) is 19.3 Å². The molecule has 1 heterocycles. The van der Waals surface area contributed by atoms with E-state index in [1.165, 1.54) is 14.2 Å².